The van der Waals surface area contributed by atoms with E-state index in [1.165, 1.54) is 64.0 Å². The maximum Gasteiger partial charge on any atom is 0.191 e. The van der Waals surface area contributed by atoms with Crippen LogP contribution in [-0.4, -0.2) is 74.7 Å². The Morgan fingerprint density at radius 1 is 1.07 bits per heavy atom. The summed E-state index contributed by atoms with van der Waals surface area (Å²) in [5.74, 6) is 0.932. The summed E-state index contributed by atoms with van der Waals surface area (Å²) in [6, 6.07) is 11.6. The van der Waals surface area contributed by atoms with Crippen molar-refractivity contribution >= 4 is 5.96 Å². The fourth-order valence-electron chi connectivity index (χ4n) is 4.78. The first-order chi connectivity index (χ1) is 13.7. The summed E-state index contributed by atoms with van der Waals surface area (Å²) in [7, 11) is 1.88. The monoisotopic (exact) mass is 385 g/mol. The van der Waals surface area contributed by atoms with Crippen molar-refractivity contribution in [2.75, 3.05) is 52.9 Å². The zero-order valence-corrected chi connectivity index (χ0v) is 18.1. The van der Waals surface area contributed by atoms with Gasteiger partial charge in [0.25, 0.3) is 0 Å². The van der Waals surface area contributed by atoms with E-state index in [2.05, 4.69) is 69.6 Å². The molecule has 0 spiro atoms. The number of guanidine groups is 1. The summed E-state index contributed by atoms with van der Waals surface area (Å²) in [5, 5.41) is 7.21. The topological polar surface area (TPSA) is 42.9 Å². The summed E-state index contributed by atoms with van der Waals surface area (Å²) < 4.78 is 0. The number of likely N-dealkylation sites (N-methyl/N-ethyl adjacent to an activating group) is 1. The van der Waals surface area contributed by atoms with E-state index in [1.807, 2.05) is 7.05 Å². The normalized spacial score (nSPS) is 22.2. The van der Waals surface area contributed by atoms with Crippen molar-refractivity contribution in [1.82, 2.24) is 20.4 Å². The van der Waals surface area contributed by atoms with Crippen molar-refractivity contribution in [2.45, 2.75) is 51.0 Å². The molecule has 0 bridgehead atoms. The first-order valence-corrected chi connectivity index (χ1v) is 11.1. The molecule has 3 rings (SSSR count). The Balaban J connectivity index is 1.49. The van der Waals surface area contributed by atoms with Crippen molar-refractivity contribution in [2.24, 2.45) is 4.99 Å². The van der Waals surface area contributed by atoms with Crippen LogP contribution in [-0.2, 0) is 5.41 Å². The molecule has 0 radical (unpaired) electrons. The number of benzene rings is 1. The predicted molar refractivity (Wildman–Crippen MR) is 119 cm³/mol. The Morgan fingerprint density at radius 3 is 2.36 bits per heavy atom. The molecule has 5 nitrogen and oxygen atoms in total. The molecule has 1 unspecified atom stereocenters. The van der Waals surface area contributed by atoms with Gasteiger partial charge >= 0.3 is 0 Å². The van der Waals surface area contributed by atoms with Crippen LogP contribution in [0.1, 0.15) is 45.1 Å². The summed E-state index contributed by atoms with van der Waals surface area (Å²) in [5.41, 5.74) is 1.72. The number of nitrogens with one attached hydrogen (secondary N) is 2. The lowest BCUT2D eigenvalue weighted by atomic mass is 9.79. The maximum atomic E-state index is 4.48. The third kappa shape index (κ3) is 5.26. The minimum absolute atomic E-state index is 0.251. The first kappa shape index (κ1) is 21.1. The van der Waals surface area contributed by atoms with Crippen LogP contribution < -0.4 is 10.6 Å². The molecular formula is C23H39N5. The highest BCUT2D eigenvalue weighted by molar-refractivity contribution is 5.79. The maximum absolute atomic E-state index is 4.48. The lowest BCUT2D eigenvalue weighted by molar-refractivity contribution is 0.107. The number of rotatable bonds is 7. The first-order valence-electron chi connectivity index (χ1n) is 11.1. The van der Waals surface area contributed by atoms with Gasteiger partial charge in [0.2, 0.25) is 0 Å². The number of piperazine rings is 1. The molecule has 1 aromatic carbocycles. The van der Waals surface area contributed by atoms with Gasteiger partial charge in [0.05, 0.1) is 0 Å². The van der Waals surface area contributed by atoms with Crippen molar-refractivity contribution in [3.63, 3.8) is 0 Å². The van der Waals surface area contributed by atoms with E-state index < -0.39 is 0 Å². The van der Waals surface area contributed by atoms with E-state index >= 15 is 0 Å². The molecule has 0 amide bonds. The minimum atomic E-state index is 0.251. The summed E-state index contributed by atoms with van der Waals surface area (Å²) in [6.07, 6.45) is 5.17. The van der Waals surface area contributed by atoms with E-state index in [4.69, 9.17) is 0 Å². The van der Waals surface area contributed by atoms with Crippen LogP contribution in [0.3, 0.4) is 0 Å². The largest absolute Gasteiger partial charge is 0.356 e. The van der Waals surface area contributed by atoms with Crippen molar-refractivity contribution < 1.29 is 0 Å². The van der Waals surface area contributed by atoms with Crippen LogP contribution in [0.5, 0.6) is 0 Å². The van der Waals surface area contributed by atoms with Gasteiger partial charge in [-0.1, -0.05) is 50.1 Å². The zero-order valence-electron chi connectivity index (χ0n) is 18.1. The van der Waals surface area contributed by atoms with Gasteiger partial charge in [0, 0.05) is 57.8 Å². The average Bonchev–Trinajstić information content (AvgIpc) is 3.24. The zero-order chi connectivity index (χ0) is 19.8. The number of hydrogen-bond donors (Lipinski definition) is 2. The molecule has 1 saturated heterocycles. The Hall–Kier alpha value is -1.59. The van der Waals surface area contributed by atoms with Gasteiger partial charge in [-0.05, 0) is 31.9 Å². The van der Waals surface area contributed by atoms with Gasteiger partial charge in [-0.3, -0.25) is 9.89 Å². The third-order valence-electron chi connectivity index (χ3n) is 6.81. The van der Waals surface area contributed by atoms with Crippen molar-refractivity contribution in [1.29, 1.82) is 0 Å². The Bertz CT molecular complexity index is 601. The van der Waals surface area contributed by atoms with Crippen LogP contribution in [0, 0.1) is 0 Å². The molecule has 1 aromatic rings. The van der Waals surface area contributed by atoms with Crippen LogP contribution in [0.15, 0.2) is 35.3 Å². The molecule has 1 heterocycles. The predicted octanol–water partition coefficient (Wildman–Crippen LogP) is 2.69. The number of nitrogens with zero attached hydrogens (tertiary/aromatic N) is 3. The molecule has 0 aromatic heterocycles. The highest BCUT2D eigenvalue weighted by atomic mass is 15.3. The Morgan fingerprint density at radius 2 is 1.75 bits per heavy atom. The molecule has 1 atom stereocenters. The lowest BCUT2D eigenvalue weighted by Gasteiger charge is -2.38. The highest BCUT2D eigenvalue weighted by Gasteiger charge is 2.35. The molecule has 1 saturated carbocycles. The van der Waals surface area contributed by atoms with Gasteiger partial charge in [-0.25, -0.2) is 0 Å². The van der Waals surface area contributed by atoms with E-state index in [0.29, 0.717) is 6.04 Å². The van der Waals surface area contributed by atoms with Crippen LogP contribution >= 0.6 is 0 Å². The number of aliphatic imine (C=N–C) groups is 1. The SMILES string of the molecule is CCN1CCN(C(C)CNC(=NC)NCC2(c3ccccc3)CCCC2)CC1. The van der Waals surface area contributed by atoms with E-state index in [0.717, 1.165) is 19.0 Å². The molecule has 1 aliphatic carbocycles. The standard InChI is InChI=1S/C23H39N5/c1-4-27-14-16-28(17-15-27)20(2)18-25-22(24-3)26-19-23(12-8-9-13-23)21-10-6-5-7-11-21/h5-7,10-11,20H,4,8-9,12-19H2,1-3H3,(H2,24,25,26). The second kappa shape index (κ2) is 10.3. The molecule has 28 heavy (non-hydrogen) atoms. The fraction of sp³-hybridized carbons (Fsp3) is 0.696. The lowest BCUT2D eigenvalue weighted by Crippen LogP contribution is -2.53. The second-order valence-corrected chi connectivity index (χ2v) is 8.48. The molecule has 156 valence electrons. The molecule has 2 N–H and O–H groups in total. The van der Waals surface area contributed by atoms with E-state index in [9.17, 15) is 0 Å². The average molecular weight is 386 g/mol. The molecular weight excluding hydrogens is 346 g/mol. The molecule has 2 aliphatic rings. The Labute approximate surface area is 171 Å². The summed E-state index contributed by atoms with van der Waals surface area (Å²) >= 11 is 0. The van der Waals surface area contributed by atoms with Gasteiger partial charge in [0.1, 0.15) is 0 Å². The van der Waals surface area contributed by atoms with Crippen LogP contribution in [0.2, 0.25) is 0 Å². The van der Waals surface area contributed by atoms with Crippen molar-refractivity contribution in [3.05, 3.63) is 35.9 Å². The van der Waals surface area contributed by atoms with Gasteiger partial charge < -0.3 is 15.5 Å². The third-order valence-corrected chi connectivity index (χ3v) is 6.81. The number of hydrogen-bond acceptors (Lipinski definition) is 3. The molecule has 5 heteroatoms. The highest BCUT2D eigenvalue weighted by Crippen LogP contribution is 2.40. The summed E-state index contributed by atoms with van der Waals surface area (Å²) in [4.78, 5) is 9.61. The molecule has 2 fully saturated rings. The van der Waals surface area contributed by atoms with Gasteiger partial charge in [0.15, 0.2) is 5.96 Å². The van der Waals surface area contributed by atoms with Gasteiger partial charge in [-0.15, -0.1) is 0 Å². The molecule has 1 aliphatic heterocycles. The van der Waals surface area contributed by atoms with Crippen LogP contribution in [0.25, 0.3) is 0 Å². The fourth-order valence-corrected chi connectivity index (χ4v) is 4.78. The van der Waals surface area contributed by atoms with Gasteiger partial charge in [-0.2, -0.15) is 0 Å². The van der Waals surface area contributed by atoms with E-state index in [1.54, 1.807) is 0 Å². The quantitative estimate of drug-likeness (QED) is 0.559. The second-order valence-electron chi connectivity index (χ2n) is 8.48. The Kier molecular flexibility index (Phi) is 7.74. The smallest absolute Gasteiger partial charge is 0.191 e. The van der Waals surface area contributed by atoms with E-state index in [-0.39, 0.29) is 5.41 Å². The minimum Gasteiger partial charge on any atom is -0.356 e. The van der Waals surface area contributed by atoms with Crippen LogP contribution in [0.4, 0.5) is 0 Å². The van der Waals surface area contributed by atoms with Crippen molar-refractivity contribution in [3.8, 4) is 0 Å². The summed E-state index contributed by atoms with van der Waals surface area (Å²) in [6.45, 7) is 12.3.